The first kappa shape index (κ1) is 22.9. The minimum absolute atomic E-state index is 0.196. The highest BCUT2D eigenvalue weighted by atomic mass is 16.6. The third kappa shape index (κ3) is 5.42. The summed E-state index contributed by atoms with van der Waals surface area (Å²) in [5, 5.41) is 0. The van der Waals surface area contributed by atoms with Crippen molar-refractivity contribution in [2.75, 3.05) is 14.2 Å². The topological polar surface area (TPSA) is 105 Å². The van der Waals surface area contributed by atoms with E-state index in [9.17, 15) is 19.2 Å². The standard InChI is InChI=1S/C20H24O8/c1-13(2)28-16(21)14(3)11-20(17(22)25-4,18(23)26-5)19(24)27-12-15-9-7-6-8-10-15/h6-10,13H,3,11-12H2,1-2,4-5H3. The monoisotopic (exact) mass is 392 g/mol. The van der Waals surface area contributed by atoms with Crippen LogP contribution in [-0.4, -0.2) is 44.2 Å². The fourth-order valence-corrected chi connectivity index (χ4v) is 2.35. The van der Waals surface area contributed by atoms with Crippen molar-refractivity contribution in [3.05, 3.63) is 48.0 Å². The lowest BCUT2D eigenvalue weighted by molar-refractivity contribution is -0.182. The van der Waals surface area contributed by atoms with Crippen LogP contribution >= 0.6 is 0 Å². The molecule has 0 saturated carbocycles. The van der Waals surface area contributed by atoms with Crippen molar-refractivity contribution in [3.63, 3.8) is 0 Å². The number of hydrogen-bond acceptors (Lipinski definition) is 8. The Labute approximate surface area is 163 Å². The molecule has 0 fully saturated rings. The SMILES string of the molecule is C=C(CC(C(=O)OC)(C(=O)OC)C(=O)OCc1ccccc1)C(=O)OC(C)C. The number of ether oxygens (including phenoxy) is 4. The maximum Gasteiger partial charge on any atom is 0.335 e. The van der Waals surface area contributed by atoms with E-state index in [1.165, 1.54) is 0 Å². The van der Waals surface area contributed by atoms with Crippen molar-refractivity contribution < 1.29 is 38.1 Å². The van der Waals surface area contributed by atoms with Crippen LogP contribution in [0, 0.1) is 5.41 Å². The van der Waals surface area contributed by atoms with Crippen molar-refractivity contribution in [2.45, 2.75) is 33.0 Å². The first-order valence-corrected chi connectivity index (χ1v) is 8.45. The molecule has 0 aliphatic carbocycles. The quantitative estimate of drug-likeness (QED) is 0.272. The van der Waals surface area contributed by atoms with Crippen molar-refractivity contribution in [1.82, 2.24) is 0 Å². The first-order valence-electron chi connectivity index (χ1n) is 8.45. The normalized spacial score (nSPS) is 10.8. The zero-order valence-electron chi connectivity index (χ0n) is 16.4. The molecule has 0 bridgehead atoms. The van der Waals surface area contributed by atoms with E-state index < -0.39 is 41.8 Å². The van der Waals surface area contributed by atoms with Gasteiger partial charge in [0.25, 0.3) is 5.41 Å². The Bertz CT molecular complexity index is 720. The van der Waals surface area contributed by atoms with Gasteiger partial charge in [-0.2, -0.15) is 0 Å². The molecule has 0 saturated heterocycles. The molecule has 152 valence electrons. The van der Waals surface area contributed by atoms with Crippen LogP contribution in [0.2, 0.25) is 0 Å². The molecule has 1 aromatic carbocycles. The van der Waals surface area contributed by atoms with Crippen LogP contribution in [0.5, 0.6) is 0 Å². The summed E-state index contributed by atoms with van der Waals surface area (Å²) in [6, 6.07) is 8.65. The van der Waals surface area contributed by atoms with Gasteiger partial charge in [0.05, 0.1) is 20.3 Å². The van der Waals surface area contributed by atoms with Crippen molar-refractivity contribution in [2.24, 2.45) is 5.41 Å². The van der Waals surface area contributed by atoms with Gasteiger partial charge in [0.1, 0.15) is 6.61 Å². The Kier molecular flexibility index (Phi) is 8.37. The molecule has 0 radical (unpaired) electrons. The van der Waals surface area contributed by atoms with Gasteiger partial charge in [0.2, 0.25) is 0 Å². The van der Waals surface area contributed by atoms with Crippen LogP contribution in [0.3, 0.4) is 0 Å². The lowest BCUT2D eigenvalue weighted by atomic mass is 9.81. The number of rotatable bonds is 9. The fraction of sp³-hybridized carbons (Fsp3) is 0.400. The maximum absolute atomic E-state index is 12.8. The van der Waals surface area contributed by atoms with Crippen LogP contribution in [0.4, 0.5) is 0 Å². The minimum Gasteiger partial charge on any atom is -0.468 e. The molecule has 0 atom stereocenters. The summed E-state index contributed by atoms with van der Waals surface area (Å²) in [7, 11) is 2.00. The molecule has 0 amide bonds. The predicted molar refractivity (Wildman–Crippen MR) is 97.7 cm³/mol. The van der Waals surface area contributed by atoms with E-state index >= 15 is 0 Å². The summed E-state index contributed by atoms with van der Waals surface area (Å²) in [5.74, 6) is -4.52. The summed E-state index contributed by atoms with van der Waals surface area (Å²) < 4.78 is 19.4. The van der Waals surface area contributed by atoms with Gasteiger partial charge in [0, 0.05) is 12.0 Å². The average molecular weight is 392 g/mol. The zero-order chi connectivity index (χ0) is 21.3. The molecule has 8 heteroatoms. The summed E-state index contributed by atoms with van der Waals surface area (Å²) in [6.45, 7) is 6.57. The van der Waals surface area contributed by atoms with E-state index in [0.717, 1.165) is 14.2 Å². The highest BCUT2D eigenvalue weighted by molar-refractivity contribution is 6.18. The van der Waals surface area contributed by atoms with Gasteiger partial charge < -0.3 is 18.9 Å². The Morgan fingerprint density at radius 3 is 1.96 bits per heavy atom. The van der Waals surface area contributed by atoms with Crippen LogP contribution < -0.4 is 0 Å². The van der Waals surface area contributed by atoms with Gasteiger partial charge >= 0.3 is 23.9 Å². The van der Waals surface area contributed by atoms with Crippen LogP contribution in [-0.2, 0) is 44.7 Å². The van der Waals surface area contributed by atoms with Gasteiger partial charge in [-0.15, -0.1) is 0 Å². The van der Waals surface area contributed by atoms with Gasteiger partial charge in [-0.05, 0) is 19.4 Å². The molecule has 0 spiro atoms. The van der Waals surface area contributed by atoms with E-state index in [1.54, 1.807) is 44.2 Å². The molecule has 28 heavy (non-hydrogen) atoms. The summed E-state index contributed by atoms with van der Waals surface area (Å²) in [4.78, 5) is 49.8. The lowest BCUT2D eigenvalue weighted by Crippen LogP contribution is -2.49. The third-order valence-electron chi connectivity index (χ3n) is 3.74. The molecule has 1 aromatic rings. The number of methoxy groups -OCH3 is 2. The van der Waals surface area contributed by atoms with E-state index in [-0.39, 0.29) is 12.2 Å². The van der Waals surface area contributed by atoms with Gasteiger partial charge in [-0.25, -0.2) is 4.79 Å². The summed E-state index contributed by atoms with van der Waals surface area (Å²) in [5.41, 5.74) is -2.18. The predicted octanol–water partition coefficient (Wildman–Crippen LogP) is 1.96. The second kappa shape index (κ2) is 10.2. The van der Waals surface area contributed by atoms with Crippen molar-refractivity contribution >= 4 is 23.9 Å². The zero-order valence-corrected chi connectivity index (χ0v) is 16.4. The van der Waals surface area contributed by atoms with Gasteiger partial charge in [-0.1, -0.05) is 36.9 Å². The molecular formula is C20H24O8. The summed E-state index contributed by atoms with van der Waals surface area (Å²) >= 11 is 0. The Morgan fingerprint density at radius 2 is 1.50 bits per heavy atom. The van der Waals surface area contributed by atoms with E-state index in [1.807, 2.05) is 0 Å². The van der Waals surface area contributed by atoms with Crippen LogP contribution in [0.1, 0.15) is 25.8 Å². The van der Waals surface area contributed by atoms with Crippen molar-refractivity contribution in [1.29, 1.82) is 0 Å². The first-order chi connectivity index (χ1) is 13.2. The Hall–Kier alpha value is -3.16. The summed E-state index contributed by atoms with van der Waals surface area (Å²) in [6.07, 6.45) is -1.16. The Morgan fingerprint density at radius 1 is 0.964 bits per heavy atom. The van der Waals surface area contributed by atoms with Crippen LogP contribution in [0.25, 0.3) is 0 Å². The van der Waals surface area contributed by atoms with Crippen LogP contribution in [0.15, 0.2) is 42.5 Å². The molecule has 0 aliphatic heterocycles. The Balaban J connectivity index is 3.19. The maximum atomic E-state index is 12.8. The molecule has 1 rings (SSSR count). The van der Waals surface area contributed by atoms with Gasteiger partial charge in [0.15, 0.2) is 0 Å². The molecule has 0 unspecified atom stereocenters. The molecule has 0 aliphatic rings. The average Bonchev–Trinajstić information content (AvgIpc) is 2.68. The lowest BCUT2D eigenvalue weighted by Gasteiger charge is -2.26. The number of hydrogen-bond donors (Lipinski definition) is 0. The second-order valence-electron chi connectivity index (χ2n) is 6.18. The minimum atomic E-state index is -2.54. The van der Waals surface area contributed by atoms with E-state index in [2.05, 4.69) is 16.1 Å². The highest BCUT2D eigenvalue weighted by Gasteiger charge is 2.58. The van der Waals surface area contributed by atoms with E-state index in [4.69, 9.17) is 9.47 Å². The van der Waals surface area contributed by atoms with Gasteiger partial charge in [-0.3, -0.25) is 14.4 Å². The molecule has 0 aromatic heterocycles. The fourth-order valence-electron chi connectivity index (χ4n) is 2.35. The van der Waals surface area contributed by atoms with E-state index in [0.29, 0.717) is 5.56 Å². The largest absolute Gasteiger partial charge is 0.468 e. The molecular weight excluding hydrogens is 368 g/mol. The highest BCUT2D eigenvalue weighted by Crippen LogP contribution is 2.32. The molecule has 0 N–H and O–H groups in total. The molecule has 8 nitrogen and oxygen atoms in total. The third-order valence-corrected chi connectivity index (χ3v) is 3.74. The second-order valence-corrected chi connectivity index (χ2v) is 6.18. The number of carbonyl (C=O) groups is 4. The number of esters is 4. The smallest absolute Gasteiger partial charge is 0.335 e. The number of carbonyl (C=O) groups excluding carboxylic acids is 4. The molecule has 0 heterocycles. The van der Waals surface area contributed by atoms with Crippen molar-refractivity contribution in [3.8, 4) is 0 Å². The number of benzene rings is 1.